The van der Waals surface area contributed by atoms with E-state index in [1.165, 1.54) is 5.75 Å². The molecule has 0 aromatic rings. The second-order valence-electron chi connectivity index (χ2n) is 0.753. The molecular formula is C3H4NaS2. The molecule has 0 atom stereocenters. The molecule has 0 fully saturated rings. The summed E-state index contributed by atoms with van der Waals surface area (Å²) in [7, 11) is 3.69. The van der Waals surface area contributed by atoms with Gasteiger partial charge in [0.05, 0.1) is 0 Å². The van der Waals surface area contributed by atoms with Crippen LogP contribution in [-0.4, -0.2) is 35.3 Å². The van der Waals surface area contributed by atoms with Crippen LogP contribution >= 0.6 is 21.6 Å². The normalized spacial score (nSPS) is 17.3. The molecular weight excluding hydrogens is 123 g/mol. The molecule has 0 saturated heterocycles. The molecule has 0 bridgehead atoms. The molecule has 0 aromatic carbocycles. The van der Waals surface area contributed by atoms with E-state index in [-0.39, 0.29) is 29.6 Å². The minimum absolute atomic E-state index is 0. The second-order valence-corrected chi connectivity index (χ2v) is 3.07. The Bertz CT molecular complexity index is 46.8. The van der Waals surface area contributed by atoms with Crippen LogP contribution in [0, 0.1) is 0 Å². The van der Waals surface area contributed by atoms with E-state index in [1.54, 1.807) is 0 Å². The Morgan fingerprint density at radius 1 is 1.50 bits per heavy atom. The van der Waals surface area contributed by atoms with Crippen molar-refractivity contribution in [1.29, 1.82) is 0 Å². The molecule has 1 aliphatic rings. The van der Waals surface area contributed by atoms with E-state index in [9.17, 15) is 0 Å². The predicted octanol–water partition coefficient (Wildman–Crippen LogP) is 1.51. The Balaban J connectivity index is 0.000000250. The quantitative estimate of drug-likeness (QED) is 0.357. The zero-order valence-electron chi connectivity index (χ0n) is 3.68. The summed E-state index contributed by atoms with van der Waals surface area (Å²) in [5, 5.41) is 2.12. The summed E-state index contributed by atoms with van der Waals surface area (Å²) < 4.78 is 0. The fraction of sp³-hybridized carbons (Fsp3) is 0.333. The molecule has 0 unspecified atom stereocenters. The van der Waals surface area contributed by atoms with Crippen LogP contribution in [0.5, 0.6) is 0 Å². The molecule has 0 amide bonds. The van der Waals surface area contributed by atoms with Crippen LogP contribution in [0.4, 0.5) is 0 Å². The summed E-state index contributed by atoms with van der Waals surface area (Å²) in [6.45, 7) is 0. The Hall–Kier alpha value is 1.44. The van der Waals surface area contributed by atoms with E-state index in [0.717, 1.165) is 0 Å². The summed E-state index contributed by atoms with van der Waals surface area (Å²) in [6.07, 6.45) is 2.16. The molecule has 1 rings (SSSR count). The monoisotopic (exact) mass is 127 g/mol. The van der Waals surface area contributed by atoms with E-state index in [0.29, 0.717) is 0 Å². The maximum Gasteiger partial charge on any atom is 0.0229 e. The van der Waals surface area contributed by atoms with Gasteiger partial charge in [-0.25, -0.2) is 0 Å². The van der Waals surface area contributed by atoms with Crippen LogP contribution in [0.1, 0.15) is 0 Å². The van der Waals surface area contributed by atoms with Crippen molar-refractivity contribution in [2.24, 2.45) is 0 Å². The summed E-state index contributed by atoms with van der Waals surface area (Å²) in [5.74, 6) is 1.20. The molecule has 0 N–H and O–H groups in total. The SMILES string of the molecule is C1=CSSC1.[Na]. The van der Waals surface area contributed by atoms with Gasteiger partial charge in [-0.15, -0.1) is 0 Å². The predicted molar refractivity (Wildman–Crippen MR) is 34.9 cm³/mol. The molecule has 0 saturated carbocycles. The van der Waals surface area contributed by atoms with E-state index >= 15 is 0 Å². The van der Waals surface area contributed by atoms with Crippen molar-refractivity contribution in [3.63, 3.8) is 0 Å². The molecule has 6 heavy (non-hydrogen) atoms. The third kappa shape index (κ3) is 2.59. The van der Waals surface area contributed by atoms with E-state index in [2.05, 4.69) is 11.5 Å². The first-order valence-corrected chi connectivity index (χ1v) is 3.81. The minimum atomic E-state index is 0. The fourth-order valence-corrected chi connectivity index (χ4v) is 1.77. The third-order valence-corrected chi connectivity index (χ3v) is 2.30. The van der Waals surface area contributed by atoms with Gasteiger partial charge in [0.2, 0.25) is 0 Å². The van der Waals surface area contributed by atoms with E-state index in [4.69, 9.17) is 0 Å². The zero-order chi connectivity index (χ0) is 3.54. The number of hydrogen-bond donors (Lipinski definition) is 0. The van der Waals surface area contributed by atoms with Gasteiger partial charge in [0.15, 0.2) is 0 Å². The summed E-state index contributed by atoms with van der Waals surface area (Å²) >= 11 is 0. The molecule has 1 radical (unpaired) electrons. The standard InChI is InChI=1S/C3H4S2.Na/c1-2-4-5-3-1;/h1-2H,3H2;. The van der Waals surface area contributed by atoms with Crippen LogP contribution in [-0.2, 0) is 0 Å². The Labute approximate surface area is 67.8 Å². The maximum atomic E-state index is 2.16. The van der Waals surface area contributed by atoms with Gasteiger partial charge in [0, 0.05) is 35.3 Å². The van der Waals surface area contributed by atoms with Crippen molar-refractivity contribution in [3.8, 4) is 0 Å². The molecule has 3 heteroatoms. The molecule has 0 nitrogen and oxygen atoms in total. The average molecular weight is 127 g/mol. The largest absolute Gasteiger partial charge is 0.0854 e. The first-order valence-electron chi connectivity index (χ1n) is 1.43. The van der Waals surface area contributed by atoms with Gasteiger partial charge in [-0.2, -0.15) is 0 Å². The minimum Gasteiger partial charge on any atom is -0.0854 e. The van der Waals surface area contributed by atoms with E-state index in [1.807, 2.05) is 21.6 Å². The Morgan fingerprint density at radius 2 is 2.33 bits per heavy atom. The summed E-state index contributed by atoms with van der Waals surface area (Å²) in [4.78, 5) is 0. The average Bonchev–Trinajstić information content (AvgIpc) is 1.76. The van der Waals surface area contributed by atoms with Gasteiger partial charge >= 0.3 is 0 Å². The van der Waals surface area contributed by atoms with Gasteiger partial charge in [-0.05, 0) is 5.41 Å². The van der Waals surface area contributed by atoms with Crippen molar-refractivity contribution < 1.29 is 0 Å². The molecule has 29 valence electrons. The van der Waals surface area contributed by atoms with Crippen LogP contribution in [0.15, 0.2) is 11.5 Å². The molecule has 1 heterocycles. The Kier molecular flexibility index (Phi) is 5.70. The maximum absolute atomic E-state index is 2.16. The summed E-state index contributed by atoms with van der Waals surface area (Å²) in [5.41, 5.74) is 0. The molecule has 0 spiro atoms. The van der Waals surface area contributed by atoms with Gasteiger partial charge < -0.3 is 0 Å². The fourth-order valence-electron chi connectivity index (χ4n) is 0.196. The third-order valence-electron chi connectivity index (χ3n) is 0.384. The van der Waals surface area contributed by atoms with Gasteiger partial charge in [0.25, 0.3) is 0 Å². The van der Waals surface area contributed by atoms with Crippen molar-refractivity contribution in [2.75, 3.05) is 5.75 Å². The first kappa shape index (κ1) is 7.44. The van der Waals surface area contributed by atoms with Crippen molar-refractivity contribution in [1.82, 2.24) is 0 Å². The molecule has 0 aliphatic carbocycles. The van der Waals surface area contributed by atoms with E-state index < -0.39 is 0 Å². The van der Waals surface area contributed by atoms with Gasteiger partial charge in [-0.3, -0.25) is 0 Å². The van der Waals surface area contributed by atoms with Crippen LogP contribution in [0.2, 0.25) is 0 Å². The van der Waals surface area contributed by atoms with Crippen LogP contribution in [0.25, 0.3) is 0 Å². The van der Waals surface area contributed by atoms with Crippen LogP contribution in [0.3, 0.4) is 0 Å². The van der Waals surface area contributed by atoms with Gasteiger partial charge in [0.1, 0.15) is 0 Å². The van der Waals surface area contributed by atoms with Crippen molar-refractivity contribution >= 4 is 51.1 Å². The second kappa shape index (κ2) is 4.60. The number of hydrogen-bond acceptors (Lipinski definition) is 2. The topological polar surface area (TPSA) is 0 Å². The zero-order valence-corrected chi connectivity index (χ0v) is 7.31. The molecule has 0 aromatic heterocycles. The van der Waals surface area contributed by atoms with Crippen molar-refractivity contribution in [2.45, 2.75) is 0 Å². The Morgan fingerprint density at radius 3 is 2.50 bits per heavy atom. The molecule has 1 aliphatic heterocycles. The first-order chi connectivity index (χ1) is 2.50. The van der Waals surface area contributed by atoms with Crippen LogP contribution < -0.4 is 0 Å². The van der Waals surface area contributed by atoms with Crippen molar-refractivity contribution in [3.05, 3.63) is 11.5 Å². The van der Waals surface area contributed by atoms with Gasteiger partial charge in [-0.1, -0.05) is 27.7 Å². The smallest absolute Gasteiger partial charge is 0.0229 e. The number of rotatable bonds is 0. The summed E-state index contributed by atoms with van der Waals surface area (Å²) in [6, 6.07) is 0.